The molecule has 0 aromatic carbocycles. The van der Waals surface area contributed by atoms with Crippen LogP contribution in [0.4, 0.5) is 0 Å². The van der Waals surface area contributed by atoms with Crippen LogP contribution in [-0.2, 0) is 10.2 Å². The molecule has 0 bridgehead atoms. The van der Waals surface area contributed by atoms with Gasteiger partial charge in [-0.25, -0.2) is 0 Å². The van der Waals surface area contributed by atoms with E-state index in [0.29, 0.717) is 5.56 Å². The topological polar surface area (TPSA) is 74.0 Å². The summed E-state index contributed by atoms with van der Waals surface area (Å²) < 4.78 is 0. The van der Waals surface area contributed by atoms with Crippen molar-refractivity contribution >= 4 is 5.97 Å². The molecule has 13 heavy (non-hydrogen) atoms. The number of pyridine rings is 1. The first-order valence-electron chi connectivity index (χ1n) is 3.66. The van der Waals surface area contributed by atoms with Crippen LogP contribution < -0.4 is 0 Å². The van der Waals surface area contributed by atoms with Crippen molar-refractivity contribution in [2.45, 2.75) is 12.3 Å². The molecule has 0 spiro atoms. The molecule has 66 valence electrons. The number of hydrogen-bond donors (Lipinski definition) is 1. The van der Waals surface area contributed by atoms with Gasteiger partial charge in [0.05, 0.1) is 6.07 Å². The van der Waals surface area contributed by atoms with Crippen LogP contribution in [0.1, 0.15) is 12.5 Å². The molecule has 0 saturated heterocycles. The van der Waals surface area contributed by atoms with Gasteiger partial charge in [0.15, 0.2) is 5.41 Å². The Morgan fingerprint density at radius 3 is 2.54 bits per heavy atom. The summed E-state index contributed by atoms with van der Waals surface area (Å²) in [7, 11) is 0. The average Bonchev–Trinajstić information content (AvgIpc) is 2.17. The third-order valence-electron chi connectivity index (χ3n) is 1.91. The Morgan fingerprint density at radius 1 is 1.62 bits per heavy atom. The van der Waals surface area contributed by atoms with Gasteiger partial charge in [-0.1, -0.05) is 0 Å². The van der Waals surface area contributed by atoms with Gasteiger partial charge in [-0.05, 0) is 24.6 Å². The van der Waals surface area contributed by atoms with Gasteiger partial charge in [0.2, 0.25) is 0 Å². The largest absolute Gasteiger partial charge is 0.480 e. The Bertz CT molecular complexity index is 356. The lowest BCUT2D eigenvalue weighted by Gasteiger charge is -2.15. The highest BCUT2D eigenvalue weighted by atomic mass is 16.4. The summed E-state index contributed by atoms with van der Waals surface area (Å²) >= 11 is 0. The minimum atomic E-state index is -1.48. The number of carbonyl (C=O) groups is 1. The Labute approximate surface area is 75.5 Å². The van der Waals surface area contributed by atoms with Crippen molar-refractivity contribution in [1.29, 1.82) is 5.26 Å². The molecule has 0 aliphatic heterocycles. The molecule has 1 heterocycles. The van der Waals surface area contributed by atoms with Crippen LogP contribution in [0.3, 0.4) is 0 Å². The minimum absolute atomic E-state index is 0.442. The van der Waals surface area contributed by atoms with Gasteiger partial charge in [-0.15, -0.1) is 0 Å². The van der Waals surface area contributed by atoms with Crippen LogP contribution in [0.5, 0.6) is 0 Å². The van der Waals surface area contributed by atoms with E-state index in [9.17, 15) is 4.79 Å². The van der Waals surface area contributed by atoms with Crippen molar-refractivity contribution in [3.05, 3.63) is 30.1 Å². The van der Waals surface area contributed by atoms with Gasteiger partial charge < -0.3 is 5.11 Å². The molecule has 4 heteroatoms. The van der Waals surface area contributed by atoms with E-state index in [0.717, 1.165) is 0 Å². The Hall–Kier alpha value is -1.89. The van der Waals surface area contributed by atoms with Crippen LogP contribution in [0.25, 0.3) is 0 Å². The van der Waals surface area contributed by atoms with Gasteiger partial charge in [0, 0.05) is 12.4 Å². The minimum Gasteiger partial charge on any atom is -0.480 e. The average molecular weight is 176 g/mol. The molecule has 4 nitrogen and oxygen atoms in total. The zero-order valence-corrected chi connectivity index (χ0v) is 7.06. The van der Waals surface area contributed by atoms with Gasteiger partial charge in [0.1, 0.15) is 0 Å². The van der Waals surface area contributed by atoms with E-state index >= 15 is 0 Å². The number of nitrogens with zero attached hydrogens (tertiary/aromatic N) is 2. The number of nitriles is 1. The maximum absolute atomic E-state index is 10.8. The van der Waals surface area contributed by atoms with Gasteiger partial charge in [-0.3, -0.25) is 9.78 Å². The van der Waals surface area contributed by atoms with Gasteiger partial charge in [-0.2, -0.15) is 5.26 Å². The summed E-state index contributed by atoms with van der Waals surface area (Å²) in [5.74, 6) is -1.15. The van der Waals surface area contributed by atoms with E-state index in [2.05, 4.69) is 4.98 Å². The van der Waals surface area contributed by atoms with Crippen LogP contribution in [-0.4, -0.2) is 16.1 Å². The van der Waals surface area contributed by atoms with Crippen LogP contribution in [0.2, 0.25) is 0 Å². The molecule has 0 saturated carbocycles. The lowest BCUT2D eigenvalue weighted by molar-refractivity contribution is -0.141. The Morgan fingerprint density at radius 2 is 2.15 bits per heavy atom. The first kappa shape index (κ1) is 9.20. The number of hydrogen-bond acceptors (Lipinski definition) is 3. The summed E-state index contributed by atoms with van der Waals surface area (Å²) in [6, 6.07) is 4.82. The molecule has 1 aromatic rings. The number of rotatable bonds is 2. The van der Waals surface area contributed by atoms with E-state index in [1.165, 1.54) is 31.5 Å². The second-order valence-corrected chi connectivity index (χ2v) is 2.78. The number of aromatic nitrogens is 1. The van der Waals surface area contributed by atoms with Crippen molar-refractivity contribution in [2.24, 2.45) is 0 Å². The summed E-state index contributed by atoms with van der Waals surface area (Å²) in [6.07, 6.45) is 2.93. The van der Waals surface area contributed by atoms with Crippen LogP contribution in [0, 0.1) is 11.3 Å². The van der Waals surface area contributed by atoms with E-state index in [1.807, 2.05) is 0 Å². The molecule has 0 aliphatic rings. The van der Waals surface area contributed by atoms with E-state index < -0.39 is 11.4 Å². The molecule has 0 fully saturated rings. The molecule has 0 aliphatic carbocycles. The Balaban J connectivity index is 3.21. The second kappa shape index (κ2) is 3.23. The predicted molar refractivity (Wildman–Crippen MR) is 44.8 cm³/mol. The van der Waals surface area contributed by atoms with Crippen molar-refractivity contribution in [3.8, 4) is 6.07 Å². The van der Waals surface area contributed by atoms with Crippen molar-refractivity contribution in [2.75, 3.05) is 0 Å². The summed E-state index contributed by atoms with van der Waals surface area (Å²) in [5, 5.41) is 17.6. The molecule has 1 N–H and O–H groups in total. The molecule has 1 aromatic heterocycles. The van der Waals surface area contributed by atoms with E-state index in [1.54, 1.807) is 6.07 Å². The van der Waals surface area contributed by atoms with Crippen LogP contribution in [0.15, 0.2) is 24.5 Å². The number of carboxylic acid groups (broad SMARTS) is 1. The van der Waals surface area contributed by atoms with E-state index in [4.69, 9.17) is 10.4 Å². The molecule has 0 amide bonds. The fourth-order valence-electron chi connectivity index (χ4n) is 0.921. The molecular weight excluding hydrogens is 168 g/mol. The highest BCUT2D eigenvalue weighted by Gasteiger charge is 2.35. The molecule has 1 rings (SSSR count). The fraction of sp³-hybridized carbons (Fsp3) is 0.222. The van der Waals surface area contributed by atoms with Crippen molar-refractivity contribution in [3.63, 3.8) is 0 Å². The summed E-state index contributed by atoms with van der Waals surface area (Å²) in [4.78, 5) is 14.6. The maximum Gasteiger partial charge on any atom is 0.328 e. The number of carboxylic acids is 1. The second-order valence-electron chi connectivity index (χ2n) is 2.78. The van der Waals surface area contributed by atoms with Gasteiger partial charge in [0.25, 0.3) is 0 Å². The van der Waals surface area contributed by atoms with Crippen LogP contribution >= 0.6 is 0 Å². The zero-order chi connectivity index (χ0) is 9.90. The lowest BCUT2D eigenvalue weighted by Crippen LogP contribution is -2.30. The van der Waals surface area contributed by atoms with E-state index in [-0.39, 0.29) is 0 Å². The first-order chi connectivity index (χ1) is 6.11. The van der Waals surface area contributed by atoms with Gasteiger partial charge >= 0.3 is 5.97 Å². The summed E-state index contributed by atoms with van der Waals surface area (Å²) in [6.45, 7) is 1.37. The Kier molecular flexibility index (Phi) is 2.29. The lowest BCUT2D eigenvalue weighted by atomic mass is 9.85. The maximum atomic E-state index is 10.8. The number of aliphatic carboxylic acids is 1. The normalized spacial score (nSPS) is 14.2. The first-order valence-corrected chi connectivity index (χ1v) is 3.66. The third kappa shape index (κ3) is 1.49. The molecule has 1 unspecified atom stereocenters. The molecule has 1 atom stereocenters. The zero-order valence-electron chi connectivity index (χ0n) is 7.06. The van der Waals surface area contributed by atoms with Crippen molar-refractivity contribution < 1.29 is 9.90 Å². The monoisotopic (exact) mass is 176 g/mol. The standard InChI is InChI=1S/C9H8N2O2/c1-9(6-10,8(12)13)7-2-4-11-5-3-7/h2-5H,1H3,(H,12,13). The molecular formula is C9H8N2O2. The smallest absolute Gasteiger partial charge is 0.328 e. The summed E-state index contributed by atoms with van der Waals surface area (Å²) in [5.41, 5.74) is -1.04. The highest BCUT2D eigenvalue weighted by Crippen LogP contribution is 2.22. The van der Waals surface area contributed by atoms with Crippen molar-refractivity contribution in [1.82, 2.24) is 4.98 Å². The third-order valence-corrected chi connectivity index (χ3v) is 1.91. The quantitative estimate of drug-likeness (QED) is 0.727. The highest BCUT2D eigenvalue weighted by molar-refractivity contribution is 5.84. The fourth-order valence-corrected chi connectivity index (χ4v) is 0.921. The predicted octanol–water partition coefficient (Wildman–Crippen LogP) is 0.947. The molecule has 0 radical (unpaired) electrons. The SMILES string of the molecule is CC(C#N)(C(=O)O)c1ccncc1.